The maximum Gasteiger partial charge on any atom is 0.408 e. The zero-order valence-corrected chi connectivity index (χ0v) is 21.5. The van der Waals surface area contributed by atoms with E-state index in [1.54, 1.807) is 12.1 Å². The molecule has 0 unspecified atom stereocenters. The normalized spacial score (nSPS) is 11.6. The molecule has 1 atom stereocenters. The van der Waals surface area contributed by atoms with Crippen molar-refractivity contribution >= 4 is 18.0 Å². The molecule has 0 radical (unpaired) electrons. The highest BCUT2D eigenvalue weighted by molar-refractivity contribution is 5.87. The van der Waals surface area contributed by atoms with Gasteiger partial charge in [-0.2, -0.15) is 0 Å². The number of carbonyl (C=O) groups excluding carboxylic acids is 3. The van der Waals surface area contributed by atoms with Crippen molar-refractivity contribution in [1.29, 1.82) is 0 Å². The van der Waals surface area contributed by atoms with Crippen LogP contribution in [0.15, 0.2) is 121 Å². The van der Waals surface area contributed by atoms with Crippen molar-refractivity contribution < 1.29 is 28.6 Å². The van der Waals surface area contributed by atoms with Crippen molar-refractivity contribution in [3.63, 3.8) is 0 Å². The third-order valence-corrected chi connectivity index (χ3v) is 6.18. The Morgan fingerprint density at radius 1 is 0.692 bits per heavy atom. The molecule has 39 heavy (non-hydrogen) atoms. The standard InChI is InChI=1S/C32H29NO6/c1-37-29(34)22-28(33-31(36)38-23-24-14-6-2-7-15-24)30(35)39-32(25-16-8-3-9-17-25,26-18-10-4-11-19-26)27-20-12-5-13-21-27/h2-21,28H,22-23H2,1H3,(H,33,36)/t28-/m0/s1. The highest BCUT2D eigenvalue weighted by Crippen LogP contribution is 2.40. The molecule has 0 aliphatic carbocycles. The summed E-state index contributed by atoms with van der Waals surface area (Å²) in [7, 11) is 1.21. The average molecular weight is 524 g/mol. The van der Waals surface area contributed by atoms with Gasteiger partial charge in [0, 0.05) is 16.7 Å². The molecule has 4 aromatic rings. The van der Waals surface area contributed by atoms with Gasteiger partial charge < -0.3 is 19.5 Å². The SMILES string of the molecule is COC(=O)C[C@H](NC(=O)OCc1ccccc1)C(=O)OC(c1ccccc1)(c1ccccc1)c1ccccc1. The molecule has 0 heterocycles. The van der Waals surface area contributed by atoms with E-state index in [1.165, 1.54) is 7.11 Å². The van der Waals surface area contributed by atoms with Gasteiger partial charge in [0.2, 0.25) is 0 Å². The van der Waals surface area contributed by atoms with Crippen molar-refractivity contribution in [2.45, 2.75) is 24.7 Å². The number of amides is 1. The van der Waals surface area contributed by atoms with Crippen molar-refractivity contribution in [2.24, 2.45) is 0 Å². The predicted molar refractivity (Wildman–Crippen MR) is 145 cm³/mol. The number of hydrogen-bond donors (Lipinski definition) is 1. The van der Waals surface area contributed by atoms with Crippen LogP contribution in [-0.2, 0) is 36.0 Å². The molecule has 198 valence electrons. The van der Waals surface area contributed by atoms with E-state index in [2.05, 4.69) is 5.32 Å². The number of carbonyl (C=O) groups is 3. The molecule has 0 saturated carbocycles. The smallest absolute Gasteiger partial charge is 0.408 e. The van der Waals surface area contributed by atoms with Crippen LogP contribution in [0.25, 0.3) is 0 Å². The van der Waals surface area contributed by atoms with Crippen molar-refractivity contribution in [3.8, 4) is 0 Å². The Morgan fingerprint density at radius 2 is 1.13 bits per heavy atom. The molecule has 0 saturated heterocycles. The Bertz CT molecular complexity index is 1260. The zero-order chi connectivity index (χ0) is 27.5. The topological polar surface area (TPSA) is 90.9 Å². The van der Waals surface area contributed by atoms with Gasteiger partial charge >= 0.3 is 18.0 Å². The Hall–Kier alpha value is -4.91. The number of hydrogen-bond acceptors (Lipinski definition) is 6. The lowest BCUT2D eigenvalue weighted by Crippen LogP contribution is -2.47. The molecule has 4 aromatic carbocycles. The maximum atomic E-state index is 13.8. The molecule has 7 nitrogen and oxygen atoms in total. The monoisotopic (exact) mass is 523 g/mol. The summed E-state index contributed by atoms with van der Waals surface area (Å²) in [6.07, 6.45) is -1.31. The molecule has 7 heteroatoms. The second-order valence-corrected chi connectivity index (χ2v) is 8.74. The first-order valence-corrected chi connectivity index (χ1v) is 12.5. The minimum absolute atomic E-state index is 0.00531. The number of benzene rings is 4. The Balaban J connectivity index is 1.69. The van der Waals surface area contributed by atoms with E-state index >= 15 is 0 Å². The van der Waals surface area contributed by atoms with Crippen molar-refractivity contribution in [3.05, 3.63) is 144 Å². The molecule has 0 aromatic heterocycles. The molecular formula is C32H29NO6. The summed E-state index contributed by atoms with van der Waals surface area (Å²) >= 11 is 0. The van der Waals surface area contributed by atoms with Gasteiger partial charge in [-0.15, -0.1) is 0 Å². The molecule has 1 amide bonds. The fourth-order valence-electron chi connectivity index (χ4n) is 4.27. The van der Waals surface area contributed by atoms with Gasteiger partial charge in [-0.05, 0) is 5.56 Å². The molecular weight excluding hydrogens is 494 g/mol. The van der Waals surface area contributed by atoms with Crippen LogP contribution in [0.4, 0.5) is 4.79 Å². The average Bonchev–Trinajstić information content (AvgIpc) is 3.00. The van der Waals surface area contributed by atoms with E-state index < -0.39 is 36.1 Å². The summed E-state index contributed by atoms with van der Waals surface area (Å²) in [6.45, 7) is -0.00531. The summed E-state index contributed by atoms with van der Waals surface area (Å²) in [5, 5.41) is 2.49. The van der Waals surface area contributed by atoms with Crippen LogP contribution in [0.2, 0.25) is 0 Å². The first kappa shape index (κ1) is 27.1. The van der Waals surface area contributed by atoms with E-state index in [0.717, 1.165) is 5.56 Å². The number of esters is 2. The quantitative estimate of drug-likeness (QED) is 0.171. The third-order valence-electron chi connectivity index (χ3n) is 6.18. The summed E-state index contributed by atoms with van der Waals surface area (Å²) in [6, 6.07) is 35.7. The molecule has 1 N–H and O–H groups in total. The van der Waals surface area contributed by atoms with Crippen LogP contribution in [-0.4, -0.2) is 31.2 Å². The minimum Gasteiger partial charge on any atom is -0.469 e. The molecule has 0 bridgehead atoms. The first-order chi connectivity index (χ1) is 19.0. The van der Waals surface area contributed by atoms with E-state index in [9.17, 15) is 14.4 Å². The Labute approximate surface area is 227 Å². The van der Waals surface area contributed by atoms with Crippen LogP contribution in [0.3, 0.4) is 0 Å². The lowest BCUT2D eigenvalue weighted by atomic mass is 9.80. The van der Waals surface area contributed by atoms with Gasteiger partial charge in [0.25, 0.3) is 0 Å². The number of nitrogens with one attached hydrogen (secondary N) is 1. The van der Waals surface area contributed by atoms with Gasteiger partial charge in [0.05, 0.1) is 13.5 Å². The van der Waals surface area contributed by atoms with E-state index in [-0.39, 0.29) is 6.61 Å². The summed E-state index contributed by atoms with van der Waals surface area (Å²) in [4.78, 5) is 38.8. The predicted octanol–water partition coefficient (Wildman–Crippen LogP) is 5.38. The van der Waals surface area contributed by atoms with Crippen molar-refractivity contribution in [2.75, 3.05) is 7.11 Å². The summed E-state index contributed by atoms with van der Waals surface area (Å²) < 4.78 is 16.4. The van der Waals surface area contributed by atoms with Gasteiger partial charge in [-0.3, -0.25) is 4.79 Å². The van der Waals surface area contributed by atoms with Crippen LogP contribution in [0.1, 0.15) is 28.7 Å². The number of methoxy groups -OCH3 is 1. The van der Waals surface area contributed by atoms with E-state index in [4.69, 9.17) is 14.2 Å². The van der Waals surface area contributed by atoms with Crippen LogP contribution in [0.5, 0.6) is 0 Å². The van der Waals surface area contributed by atoms with E-state index in [0.29, 0.717) is 16.7 Å². The maximum absolute atomic E-state index is 13.8. The zero-order valence-electron chi connectivity index (χ0n) is 21.5. The molecule has 0 aliphatic heterocycles. The Kier molecular flexibility index (Phi) is 9.08. The fourth-order valence-corrected chi connectivity index (χ4v) is 4.27. The van der Waals surface area contributed by atoms with Gasteiger partial charge in [-0.1, -0.05) is 121 Å². The van der Waals surface area contributed by atoms with Gasteiger partial charge in [0.1, 0.15) is 12.6 Å². The second-order valence-electron chi connectivity index (χ2n) is 8.74. The number of alkyl carbamates (subject to hydrolysis) is 1. The molecule has 4 rings (SSSR count). The lowest BCUT2D eigenvalue weighted by molar-refractivity contribution is -0.159. The fraction of sp³-hybridized carbons (Fsp3) is 0.156. The highest BCUT2D eigenvalue weighted by Gasteiger charge is 2.42. The van der Waals surface area contributed by atoms with Gasteiger partial charge in [-0.25, -0.2) is 9.59 Å². The third kappa shape index (κ3) is 6.70. The largest absolute Gasteiger partial charge is 0.469 e. The van der Waals surface area contributed by atoms with Gasteiger partial charge in [0.15, 0.2) is 5.60 Å². The van der Waals surface area contributed by atoms with Crippen LogP contribution >= 0.6 is 0 Å². The molecule has 0 spiro atoms. The molecule has 0 aliphatic rings. The second kappa shape index (κ2) is 13.1. The minimum atomic E-state index is -1.37. The lowest BCUT2D eigenvalue weighted by Gasteiger charge is -2.36. The number of rotatable bonds is 10. The highest BCUT2D eigenvalue weighted by atomic mass is 16.6. The number of ether oxygens (including phenoxy) is 3. The Morgan fingerprint density at radius 3 is 1.56 bits per heavy atom. The first-order valence-electron chi connectivity index (χ1n) is 12.5. The van der Waals surface area contributed by atoms with Crippen LogP contribution < -0.4 is 5.32 Å². The summed E-state index contributed by atoms with van der Waals surface area (Å²) in [5.41, 5.74) is 1.49. The summed E-state index contributed by atoms with van der Waals surface area (Å²) in [5.74, 6) is -1.52. The van der Waals surface area contributed by atoms with Crippen LogP contribution in [0, 0.1) is 0 Å². The van der Waals surface area contributed by atoms with Crippen molar-refractivity contribution in [1.82, 2.24) is 5.32 Å². The molecule has 0 fully saturated rings. The van der Waals surface area contributed by atoms with E-state index in [1.807, 2.05) is 109 Å².